The molecule has 0 bridgehead atoms. The number of amides is 1. The molecule has 0 radical (unpaired) electrons. The van der Waals surface area contributed by atoms with Gasteiger partial charge in [-0.05, 0) is 46.1 Å². The molecular formula is C14H14BrFN4O. The summed E-state index contributed by atoms with van der Waals surface area (Å²) in [4.78, 5) is 16.1. The lowest BCUT2D eigenvalue weighted by molar-refractivity contribution is 0.0954. The number of rotatable bonds is 5. The first-order valence-electron chi connectivity index (χ1n) is 6.25. The first-order chi connectivity index (χ1) is 10.1. The van der Waals surface area contributed by atoms with Gasteiger partial charge in [0.15, 0.2) is 5.82 Å². The van der Waals surface area contributed by atoms with E-state index < -0.39 is 0 Å². The van der Waals surface area contributed by atoms with Crippen LogP contribution in [0.3, 0.4) is 0 Å². The fourth-order valence-corrected chi connectivity index (χ4v) is 2.17. The first-order valence-corrected chi connectivity index (χ1v) is 7.04. The Kier molecular flexibility index (Phi) is 5.24. The summed E-state index contributed by atoms with van der Waals surface area (Å²) in [5.41, 5.74) is 3.54. The van der Waals surface area contributed by atoms with Crippen molar-refractivity contribution in [3.63, 3.8) is 0 Å². The van der Waals surface area contributed by atoms with Crippen LogP contribution in [0.2, 0.25) is 0 Å². The minimum absolute atomic E-state index is 0.287. The average Bonchev–Trinajstić information content (AvgIpc) is 2.47. The first kappa shape index (κ1) is 15.4. The van der Waals surface area contributed by atoms with Gasteiger partial charge < -0.3 is 10.7 Å². The third-order valence-corrected chi connectivity index (χ3v) is 3.26. The normalized spacial score (nSPS) is 10.2. The topological polar surface area (TPSA) is 80.0 Å². The Labute approximate surface area is 129 Å². The Morgan fingerprint density at radius 2 is 2.19 bits per heavy atom. The lowest BCUT2D eigenvalue weighted by Gasteiger charge is -2.09. The summed E-state index contributed by atoms with van der Waals surface area (Å²) in [6.45, 7) is 0.388. The van der Waals surface area contributed by atoms with E-state index >= 15 is 0 Å². The minimum Gasteiger partial charge on any atom is -0.352 e. The molecule has 0 fully saturated rings. The molecule has 7 heteroatoms. The summed E-state index contributed by atoms with van der Waals surface area (Å²) >= 11 is 3.25. The second-order valence-electron chi connectivity index (χ2n) is 4.33. The Balaban J connectivity index is 1.97. The van der Waals surface area contributed by atoms with Gasteiger partial charge in [-0.25, -0.2) is 15.2 Å². The fraction of sp³-hybridized carbons (Fsp3) is 0.143. The number of nitrogen functional groups attached to an aromatic ring is 1. The van der Waals surface area contributed by atoms with Crippen LogP contribution in [-0.4, -0.2) is 17.4 Å². The molecule has 21 heavy (non-hydrogen) atoms. The van der Waals surface area contributed by atoms with Crippen molar-refractivity contribution < 1.29 is 9.18 Å². The predicted molar refractivity (Wildman–Crippen MR) is 82.2 cm³/mol. The zero-order chi connectivity index (χ0) is 15.2. The standard InChI is InChI=1S/C14H14BrFN4O/c15-10-7-12(13(20-17)19-8-10)14(21)18-5-4-9-2-1-3-11(16)6-9/h1-3,6-8H,4-5,17H2,(H,18,21)(H,19,20). The quantitative estimate of drug-likeness (QED) is 0.569. The van der Waals surface area contributed by atoms with Gasteiger partial charge in [-0.15, -0.1) is 0 Å². The molecule has 0 saturated heterocycles. The summed E-state index contributed by atoms with van der Waals surface area (Å²) in [5.74, 6) is 5.03. The zero-order valence-electron chi connectivity index (χ0n) is 11.1. The number of carbonyl (C=O) groups is 1. The van der Waals surface area contributed by atoms with Gasteiger partial charge >= 0.3 is 0 Å². The van der Waals surface area contributed by atoms with Crippen molar-refractivity contribution >= 4 is 27.7 Å². The van der Waals surface area contributed by atoms with Crippen molar-refractivity contribution in [2.75, 3.05) is 12.0 Å². The lowest BCUT2D eigenvalue weighted by atomic mass is 10.1. The van der Waals surface area contributed by atoms with Crippen molar-refractivity contribution in [3.05, 3.63) is 57.9 Å². The van der Waals surface area contributed by atoms with Gasteiger partial charge in [0.25, 0.3) is 5.91 Å². The molecule has 1 amide bonds. The van der Waals surface area contributed by atoms with E-state index in [9.17, 15) is 9.18 Å². The Bertz CT molecular complexity index is 651. The number of pyridine rings is 1. The van der Waals surface area contributed by atoms with Crippen LogP contribution < -0.4 is 16.6 Å². The largest absolute Gasteiger partial charge is 0.352 e. The second kappa shape index (κ2) is 7.14. The maximum absolute atomic E-state index is 13.0. The van der Waals surface area contributed by atoms with Crippen LogP contribution in [0.4, 0.5) is 10.2 Å². The zero-order valence-corrected chi connectivity index (χ0v) is 12.7. The molecule has 0 aliphatic heterocycles. The number of nitrogens with one attached hydrogen (secondary N) is 2. The molecule has 0 saturated carbocycles. The van der Waals surface area contributed by atoms with Crippen LogP contribution in [0.5, 0.6) is 0 Å². The van der Waals surface area contributed by atoms with E-state index in [1.54, 1.807) is 18.3 Å². The molecule has 0 spiro atoms. The number of carbonyl (C=O) groups excluding carboxylic acids is 1. The lowest BCUT2D eigenvalue weighted by Crippen LogP contribution is -2.27. The van der Waals surface area contributed by atoms with Gasteiger partial charge in [0, 0.05) is 17.2 Å². The molecule has 0 aliphatic carbocycles. The smallest absolute Gasteiger partial charge is 0.255 e. The number of nitrogens with zero attached hydrogens (tertiary/aromatic N) is 1. The molecule has 1 aromatic heterocycles. The number of hydrazine groups is 1. The van der Waals surface area contributed by atoms with Crippen LogP contribution >= 0.6 is 15.9 Å². The number of halogens is 2. The van der Waals surface area contributed by atoms with Gasteiger partial charge in [-0.2, -0.15) is 0 Å². The Morgan fingerprint density at radius 1 is 1.38 bits per heavy atom. The van der Waals surface area contributed by atoms with Gasteiger partial charge in [0.1, 0.15) is 5.82 Å². The monoisotopic (exact) mass is 352 g/mol. The molecule has 0 unspecified atom stereocenters. The van der Waals surface area contributed by atoms with E-state index in [4.69, 9.17) is 5.84 Å². The molecule has 2 rings (SSSR count). The third kappa shape index (κ3) is 4.24. The van der Waals surface area contributed by atoms with Crippen LogP contribution in [0, 0.1) is 5.82 Å². The number of hydrogen-bond acceptors (Lipinski definition) is 4. The van der Waals surface area contributed by atoms with E-state index in [0.717, 1.165) is 5.56 Å². The molecular weight excluding hydrogens is 339 g/mol. The van der Waals surface area contributed by atoms with Gasteiger partial charge in [-0.3, -0.25) is 4.79 Å². The Hall–Kier alpha value is -1.99. The van der Waals surface area contributed by atoms with Crippen LogP contribution in [0.15, 0.2) is 41.0 Å². The number of nitrogens with two attached hydrogens (primary N) is 1. The SMILES string of the molecule is NNc1ncc(Br)cc1C(=O)NCCc1cccc(F)c1. The van der Waals surface area contributed by atoms with Crippen LogP contribution in [-0.2, 0) is 6.42 Å². The Morgan fingerprint density at radius 3 is 2.90 bits per heavy atom. The minimum atomic E-state index is -0.298. The van der Waals surface area contributed by atoms with Crippen molar-refractivity contribution in [2.45, 2.75) is 6.42 Å². The molecule has 1 heterocycles. The van der Waals surface area contributed by atoms with E-state index in [1.807, 2.05) is 6.07 Å². The number of anilines is 1. The molecule has 4 N–H and O–H groups in total. The molecule has 0 atom stereocenters. The van der Waals surface area contributed by atoms with Crippen molar-refractivity contribution in [3.8, 4) is 0 Å². The second-order valence-corrected chi connectivity index (χ2v) is 5.25. The van der Waals surface area contributed by atoms with E-state index in [-0.39, 0.29) is 11.7 Å². The van der Waals surface area contributed by atoms with Crippen LogP contribution in [0.25, 0.3) is 0 Å². The third-order valence-electron chi connectivity index (χ3n) is 2.82. The average molecular weight is 353 g/mol. The van der Waals surface area contributed by atoms with Gasteiger partial charge in [0.05, 0.1) is 5.56 Å². The van der Waals surface area contributed by atoms with Gasteiger partial charge in [0.2, 0.25) is 0 Å². The molecule has 5 nitrogen and oxygen atoms in total. The highest BCUT2D eigenvalue weighted by atomic mass is 79.9. The van der Waals surface area contributed by atoms with Gasteiger partial charge in [-0.1, -0.05) is 12.1 Å². The summed E-state index contributed by atoms with van der Waals surface area (Å²) in [7, 11) is 0. The highest BCUT2D eigenvalue weighted by Gasteiger charge is 2.12. The van der Waals surface area contributed by atoms with E-state index in [1.165, 1.54) is 12.1 Å². The van der Waals surface area contributed by atoms with Crippen LogP contribution in [0.1, 0.15) is 15.9 Å². The highest BCUT2D eigenvalue weighted by Crippen LogP contribution is 2.17. The summed E-state index contributed by atoms with van der Waals surface area (Å²) in [6, 6.07) is 7.90. The molecule has 110 valence electrons. The summed E-state index contributed by atoms with van der Waals surface area (Å²) < 4.78 is 13.7. The fourth-order valence-electron chi connectivity index (χ4n) is 1.84. The number of aromatic nitrogens is 1. The maximum atomic E-state index is 13.0. The molecule has 0 aliphatic rings. The maximum Gasteiger partial charge on any atom is 0.255 e. The molecule has 2 aromatic rings. The summed E-state index contributed by atoms with van der Waals surface area (Å²) in [6.07, 6.45) is 2.08. The highest BCUT2D eigenvalue weighted by molar-refractivity contribution is 9.10. The van der Waals surface area contributed by atoms with Crippen molar-refractivity contribution in [1.29, 1.82) is 0 Å². The summed E-state index contributed by atoms with van der Waals surface area (Å²) in [5, 5.41) is 2.75. The number of hydrogen-bond donors (Lipinski definition) is 3. The van der Waals surface area contributed by atoms with Crippen molar-refractivity contribution in [1.82, 2.24) is 10.3 Å². The van der Waals surface area contributed by atoms with E-state index in [2.05, 4.69) is 31.7 Å². The number of benzene rings is 1. The van der Waals surface area contributed by atoms with Crippen molar-refractivity contribution in [2.24, 2.45) is 5.84 Å². The van der Waals surface area contributed by atoms with E-state index in [0.29, 0.717) is 28.8 Å². The molecule has 1 aromatic carbocycles. The predicted octanol–water partition coefficient (Wildman–Crippen LogP) is 2.24.